The van der Waals surface area contributed by atoms with Gasteiger partial charge in [0.15, 0.2) is 0 Å². The first-order chi connectivity index (χ1) is 24.5. The van der Waals surface area contributed by atoms with Gasteiger partial charge in [-0.15, -0.1) is 0 Å². The lowest BCUT2D eigenvalue weighted by Gasteiger charge is -2.36. The molecule has 2 aromatic carbocycles. The molecule has 0 spiro atoms. The number of alkyl halides is 5. The van der Waals surface area contributed by atoms with E-state index in [9.17, 15) is 32.3 Å². The van der Waals surface area contributed by atoms with E-state index in [1.54, 1.807) is 24.8 Å². The number of amides is 3. The summed E-state index contributed by atoms with van der Waals surface area (Å²) in [5, 5.41) is 14.2. The number of rotatable bonds is 12. The lowest BCUT2D eigenvalue weighted by Crippen LogP contribution is -2.55. The number of piperazine rings is 1. The molecule has 0 aromatic heterocycles. The third-order valence-electron chi connectivity index (χ3n) is 10.2. The maximum absolute atomic E-state index is 15.7. The highest BCUT2D eigenvalue weighted by Gasteiger charge is 2.47. The van der Waals surface area contributed by atoms with Crippen molar-refractivity contribution in [2.75, 3.05) is 38.5 Å². The van der Waals surface area contributed by atoms with E-state index in [4.69, 9.17) is 5.26 Å². The molecule has 1 saturated carbocycles. The summed E-state index contributed by atoms with van der Waals surface area (Å²) in [4.78, 5) is 56.4. The molecule has 2 aromatic rings. The number of nitrogens with one attached hydrogen (secondary N) is 2. The predicted octanol–water partition coefficient (Wildman–Crippen LogP) is 6.14. The van der Waals surface area contributed by atoms with E-state index in [1.165, 1.54) is 24.3 Å². The smallest absolute Gasteiger partial charge is 0.344 e. The Hall–Kier alpha value is -4.45. The highest BCUT2D eigenvalue weighted by atomic mass is 19.4. The molecule has 3 atom stereocenters. The minimum atomic E-state index is -4.48. The molecule has 0 unspecified atom stereocenters. The van der Waals surface area contributed by atoms with Crippen LogP contribution in [0.25, 0.3) is 0 Å². The third-order valence-corrected chi connectivity index (χ3v) is 10.2. The summed E-state index contributed by atoms with van der Waals surface area (Å²) in [5.41, 5.74) is -0.946. The molecule has 4 rings (SSSR count). The number of nitriles is 1. The standard InChI is InChI=1S/C37H43F6N5O4/c1-4-32(50)46-33(35(52)48-16-14-47(3)15-17-48)22(2)25-10-13-30(29(38)19-25)45-34(51)28(24-8-11-26(12-9-24)37(41,42)43)20-31(49)36(39,40)27-7-5-6-23(18-27)21-44/h5-7,10,13,18-19,22,24,26,28,33H,4,8-9,11-12,14-17,20H2,1-3H3,(H,45,51)(H,46,50)/t22-,24?,26?,28-,33+/m0/s1. The molecular formula is C37H43F6N5O4. The fraction of sp³-hybridized carbons (Fsp3) is 0.541. The number of carbonyl (C=O) groups excluding carboxylic acids is 4. The first-order valence-electron chi connectivity index (χ1n) is 17.3. The molecule has 9 nitrogen and oxygen atoms in total. The minimum absolute atomic E-state index is 0.109. The van der Waals surface area contributed by atoms with Gasteiger partial charge in [-0.1, -0.05) is 32.0 Å². The number of halogens is 6. The van der Waals surface area contributed by atoms with Gasteiger partial charge in [-0.2, -0.15) is 27.2 Å². The number of nitrogens with zero attached hydrogens (tertiary/aromatic N) is 3. The molecule has 0 bridgehead atoms. The van der Waals surface area contributed by atoms with Crippen molar-refractivity contribution in [1.29, 1.82) is 5.26 Å². The van der Waals surface area contributed by atoms with Crippen LogP contribution in [0.1, 0.15) is 75.0 Å². The first kappa shape index (κ1) is 40.3. The summed E-state index contributed by atoms with van der Waals surface area (Å²) in [5.74, 6) is -13.2. The predicted molar refractivity (Wildman–Crippen MR) is 179 cm³/mol. The molecule has 1 aliphatic carbocycles. The zero-order chi connectivity index (χ0) is 38.4. The maximum atomic E-state index is 15.7. The lowest BCUT2D eigenvalue weighted by atomic mass is 9.73. The van der Waals surface area contributed by atoms with Crippen LogP contribution < -0.4 is 10.6 Å². The first-order valence-corrected chi connectivity index (χ1v) is 17.3. The van der Waals surface area contributed by atoms with Crippen molar-refractivity contribution in [1.82, 2.24) is 15.1 Å². The van der Waals surface area contributed by atoms with Crippen LogP contribution in [0.3, 0.4) is 0 Å². The summed E-state index contributed by atoms with van der Waals surface area (Å²) in [6.45, 7) is 5.44. The average molecular weight is 736 g/mol. The Morgan fingerprint density at radius 3 is 2.19 bits per heavy atom. The number of Topliss-reactive ketones (excluding diaryl/α,β-unsaturated/α-hetero) is 1. The van der Waals surface area contributed by atoms with Crippen molar-refractivity contribution >= 4 is 29.2 Å². The van der Waals surface area contributed by atoms with Crippen LogP contribution >= 0.6 is 0 Å². The lowest BCUT2D eigenvalue weighted by molar-refractivity contribution is -0.185. The number of anilines is 1. The van der Waals surface area contributed by atoms with E-state index in [-0.39, 0.29) is 55.2 Å². The minimum Gasteiger partial charge on any atom is -0.344 e. The van der Waals surface area contributed by atoms with Crippen LogP contribution in [0.15, 0.2) is 42.5 Å². The van der Waals surface area contributed by atoms with Crippen LogP contribution in [0.5, 0.6) is 0 Å². The van der Waals surface area contributed by atoms with Crippen LogP contribution in [0.2, 0.25) is 0 Å². The molecule has 1 heterocycles. The van der Waals surface area contributed by atoms with E-state index in [1.807, 2.05) is 7.05 Å². The second-order valence-electron chi connectivity index (χ2n) is 13.7. The fourth-order valence-corrected chi connectivity index (χ4v) is 6.83. The van der Waals surface area contributed by atoms with Crippen molar-refractivity contribution in [3.63, 3.8) is 0 Å². The van der Waals surface area contributed by atoms with Crippen LogP contribution in [0, 0.1) is 34.9 Å². The van der Waals surface area contributed by atoms with Gasteiger partial charge in [0.25, 0.3) is 0 Å². The van der Waals surface area contributed by atoms with E-state index < -0.39 is 71.3 Å². The van der Waals surface area contributed by atoms with E-state index in [0.717, 1.165) is 18.2 Å². The summed E-state index contributed by atoms with van der Waals surface area (Å²) < 4.78 is 86.7. The highest BCUT2D eigenvalue weighted by molar-refractivity contribution is 5.97. The van der Waals surface area contributed by atoms with Crippen LogP contribution in [0.4, 0.5) is 32.0 Å². The topological polar surface area (TPSA) is 123 Å². The molecule has 0 radical (unpaired) electrons. The van der Waals surface area contributed by atoms with Gasteiger partial charge < -0.3 is 20.4 Å². The summed E-state index contributed by atoms with van der Waals surface area (Å²) in [6, 6.07) is 8.66. The van der Waals surface area contributed by atoms with E-state index >= 15 is 13.2 Å². The highest BCUT2D eigenvalue weighted by Crippen LogP contribution is 2.44. The summed E-state index contributed by atoms with van der Waals surface area (Å²) in [7, 11) is 1.93. The number of hydrogen-bond donors (Lipinski definition) is 2. The van der Waals surface area contributed by atoms with Gasteiger partial charge in [0.1, 0.15) is 11.9 Å². The van der Waals surface area contributed by atoms with Crippen molar-refractivity contribution < 1.29 is 45.5 Å². The number of benzene rings is 2. The monoisotopic (exact) mass is 735 g/mol. The molecule has 2 N–H and O–H groups in total. The summed E-state index contributed by atoms with van der Waals surface area (Å²) >= 11 is 0. The van der Waals surface area contributed by atoms with Gasteiger partial charge in [0, 0.05) is 56.4 Å². The van der Waals surface area contributed by atoms with Gasteiger partial charge in [-0.25, -0.2) is 4.39 Å². The molecule has 282 valence electrons. The molecule has 2 fully saturated rings. The Morgan fingerprint density at radius 1 is 0.962 bits per heavy atom. The number of carbonyl (C=O) groups is 4. The molecular weight excluding hydrogens is 692 g/mol. The van der Waals surface area contributed by atoms with Crippen LogP contribution in [-0.4, -0.2) is 78.7 Å². The zero-order valence-corrected chi connectivity index (χ0v) is 29.2. The Bertz CT molecular complexity index is 1660. The zero-order valence-electron chi connectivity index (χ0n) is 29.2. The Balaban J connectivity index is 1.56. The Labute approximate surface area is 298 Å². The third kappa shape index (κ3) is 9.70. The van der Waals surface area contributed by atoms with Crippen molar-refractivity contribution in [3.05, 3.63) is 65.0 Å². The molecule has 15 heteroatoms. The summed E-state index contributed by atoms with van der Waals surface area (Å²) in [6.07, 6.45) is -6.48. The van der Waals surface area contributed by atoms with Gasteiger partial charge in [-0.05, 0) is 68.5 Å². The Morgan fingerprint density at radius 2 is 1.62 bits per heavy atom. The van der Waals surface area contributed by atoms with Gasteiger partial charge >= 0.3 is 12.1 Å². The van der Waals surface area contributed by atoms with Gasteiger partial charge in [0.05, 0.1) is 23.2 Å². The Kier molecular flexibility index (Phi) is 13.1. The van der Waals surface area contributed by atoms with Gasteiger partial charge in [0.2, 0.25) is 23.5 Å². The van der Waals surface area contributed by atoms with Crippen molar-refractivity contribution in [2.24, 2.45) is 17.8 Å². The quantitative estimate of drug-likeness (QED) is 0.253. The number of ketones is 1. The molecule has 3 amide bonds. The molecule has 1 saturated heterocycles. The van der Waals surface area contributed by atoms with Gasteiger partial charge in [-0.3, -0.25) is 19.2 Å². The number of likely N-dealkylation sites (N-methyl/N-ethyl adjacent to an activating group) is 1. The molecule has 52 heavy (non-hydrogen) atoms. The average Bonchev–Trinajstić information content (AvgIpc) is 3.12. The molecule has 2 aliphatic rings. The maximum Gasteiger partial charge on any atom is 0.391 e. The normalized spacial score (nSPS) is 20.3. The van der Waals surface area contributed by atoms with Crippen molar-refractivity contribution in [3.8, 4) is 6.07 Å². The number of hydrogen-bond acceptors (Lipinski definition) is 6. The van der Waals surface area contributed by atoms with Crippen LogP contribution in [-0.2, 0) is 25.1 Å². The van der Waals surface area contributed by atoms with E-state index in [0.29, 0.717) is 31.7 Å². The van der Waals surface area contributed by atoms with E-state index in [2.05, 4.69) is 15.5 Å². The SMILES string of the molecule is CCC(=O)N[C@@H](C(=O)N1CCN(C)CC1)[C@@H](C)c1ccc(NC(=O)[C@@H](CC(=O)C(F)(F)c2cccc(C#N)c2)C2CCC(C(F)(F)F)CC2)c(F)c1. The second-order valence-corrected chi connectivity index (χ2v) is 13.7. The second kappa shape index (κ2) is 16.9. The van der Waals surface area contributed by atoms with Crippen molar-refractivity contribution in [2.45, 2.75) is 76.4 Å². The molecule has 1 aliphatic heterocycles. The fourth-order valence-electron chi connectivity index (χ4n) is 6.83. The largest absolute Gasteiger partial charge is 0.391 e.